The molecule has 0 saturated heterocycles. The molecule has 0 aliphatic heterocycles. The number of rotatable bonds is 2. The highest BCUT2D eigenvalue weighted by molar-refractivity contribution is 5.55. The van der Waals surface area contributed by atoms with Gasteiger partial charge in [-0.3, -0.25) is 0 Å². The van der Waals surface area contributed by atoms with Gasteiger partial charge < -0.3 is 5.32 Å². The quantitative estimate of drug-likeness (QED) is 0.777. The zero-order valence-electron chi connectivity index (χ0n) is 8.23. The molecule has 0 atom stereocenters. The number of aromatic nitrogens is 3. The van der Waals surface area contributed by atoms with E-state index in [0.29, 0.717) is 0 Å². The maximum atomic E-state index is 4.34. The van der Waals surface area contributed by atoms with Crippen LogP contribution in [0, 0.1) is 0 Å². The van der Waals surface area contributed by atoms with Crippen molar-refractivity contribution in [2.75, 3.05) is 12.4 Å². The second-order valence-corrected chi connectivity index (χ2v) is 3.00. The summed E-state index contributed by atoms with van der Waals surface area (Å²) in [6.45, 7) is 0. The fourth-order valence-corrected chi connectivity index (χ4v) is 1.31. The number of nitrogens with zero attached hydrogens (tertiary/aromatic N) is 3. The predicted octanol–water partition coefficient (Wildman–Crippen LogP) is 1.52. The zero-order chi connectivity index (χ0) is 9.97. The lowest BCUT2D eigenvalue weighted by molar-refractivity contribution is 0.776. The smallest absolute Gasteiger partial charge is 0.221 e. The Morgan fingerprint density at radius 1 is 1.21 bits per heavy atom. The third kappa shape index (κ3) is 1.46. The van der Waals surface area contributed by atoms with Crippen molar-refractivity contribution in [1.29, 1.82) is 0 Å². The lowest BCUT2D eigenvalue weighted by Gasteiger charge is -1.93. The molecule has 0 amide bonds. The van der Waals surface area contributed by atoms with E-state index in [4.69, 9.17) is 0 Å². The number of hydrogen-bond acceptors (Lipinski definition) is 3. The van der Waals surface area contributed by atoms with E-state index in [9.17, 15) is 0 Å². The van der Waals surface area contributed by atoms with Crippen LogP contribution in [0.25, 0.3) is 11.4 Å². The van der Waals surface area contributed by atoms with Crippen LogP contribution < -0.4 is 5.32 Å². The molecule has 2 aromatic rings. The summed E-state index contributed by atoms with van der Waals surface area (Å²) >= 11 is 0. The van der Waals surface area contributed by atoms with Crippen molar-refractivity contribution in [3.63, 3.8) is 0 Å². The normalized spacial score (nSPS) is 10.1. The summed E-state index contributed by atoms with van der Waals surface area (Å²) in [6.07, 6.45) is 0. The molecule has 0 aliphatic rings. The number of nitrogens with one attached hydrogen (secondary N) is 1. The molecule has 0 spiro atoms. The van der Waals surface area contributed by atoms with E-state index in [1.807, 2.05) is 44.4 Å². The highest BCUT2D eigenvalue weighted by Crippen LogP contribution is 2.15. The van der Waals surface area contributed by atoms with E-state index in [-0.39, 0.29) is 0 Å². The van der Waals surface area contributed by atoms with E-state index in [1.165, 1.54) is 0 Å². The lowest BCUT2D eigenvalue weighted by Crippen LogP contribution is -1.98. The van der Waals surface area contributed by atoms with Gasteiger partial charge >= 0.3 is 0 Å². The van der Waals surface area contributed by atoms with Crippen molar-refractivity contribution in [3.05, 3.63) is 30.3 Å². The summed E-state index contributed by atoms with van der Waals surface area (Å²) in [6, 6.07) is 9.92. The topological polar surface area (TPSA) is 42.7 Å². The zero-order valence-corrected chi connectivity index (χ0v) is 8.23. The van der Waals surface area contributed by atoms with Gasteiger partial charge in [-0.05, 0) is 0 Å². The number of aryl methyl sites for hydroxylation is 1. The maximum Gasteiger partial charge on any atom is 0.221 e. The van der Waals surface area contributed by atoms with Gasteiger partial charge in [0.1, 0.15) is 0 Å². The van der Waals surface area contributed by atoms with Gasteiger partial charge in [0.05, 0.1) is 0 Å². The average Bonchev–Trinajstić information content (AvgIpc) is 2.61. The minimum absolute atomic E-state index is 0.748. The molecule has 1 heterocycles. The SMILES string of the molecule is CNc1nc(-c2ccccc2)nn1C. The minimum Gasteiger partial charge on any atom is -0.357 e. The van der Waals surface area contributed by atoms with Crippen LogP contribution in [0.2, 0.25) is 0 Å². The second-order valence-electron chi connectivity index (χ2n) is 3.00. The fourth-order valence-electron chi connectivity index (χ4n) is 1.31. The number of anilines is 1. The van der Waals surface area contributed by atoms with Gasteiger partial charge in [0.25, 0.3) is 0 Å². The largest absolute Gasteiger partial charge is 0.357 e. The first kappa shape index (κ1) is 8.74. The van der Waals surface area contributed by atoms with Crippen LogP contribution in [0.15, 0.2) is 30.3 Å². The summed E-state index contributed by atoms with van der Waals surface area (Å²) in [7, 11) is 3.70. The molecule has 0 saturated carbocycles. The van der Waals surface area contributed by atoms with Crippen LogP contribution in [-0.2, 0) is 7.05 Å². The molecule has 2 rings (SSSR count). The molecule has 0 aliphatic carbocycles. The van der Waals surface area contributed by atoms with Gasteiger partial charge in [-0.2, -0.15) is 4.98 Å². The Morgan fingerprint density at radius 2 is 1.93 bits per heavy atom. The minimum atomic E-state index is 0.748. The molecule has 0 bridgehead atoms. The first-order valence-electron chi connectivity index (χ1n) is 4.45. The van der Waals surface area contributed by atoms with Gasteiger partial charge in [-0.15, -0.1) is 5.10 Å². The average molecular weight is 188 g/mol. The Hall–Kier alpha value is -1.84. The van der Waals surface area contributed by atoms with Gasteiger partial charge in [-0.1, -0.05) is 30.3 Å². The molecule has 1 N–H and O–H groups in total. The lowest BCUT2D eigenvalue weighted by atomic mass is 10.2. The summed E-state index contributed by atoms with van der Waals surface area (Å²) in [5, 5.41) is 7.27. The first-order valence-corrected chi connectivity index (χ1v) is 4.45. The monoisotopic (exact) mass is 188 g/mol. The molecule has 1 aromatic carbocycles. The number of hydrogen-bond donors (Lipinski definition) is 1. The molecule has 0 unspecified atom stereocenters. The Labute approximate surface area is 82.6 Å². The second kappa shape index (κ2) is 3.49. The van der Waals surface area contributed by atoms with Crippen LogP contribution in [0.5, 0.6) is 0 Å². The molecular weight excluding hydrogens is 176 g/mol. The standard InChI is InChI=1S/C10H12N4/c1-11-10-12-9(13-14(10)2)8-6-4-3-5-7-8/h3-7H,1-2H3,(H,11,12,13). The molecule has 14 heavy (non-hydrogen) atoms. The van der Waals surface area contributed by atoms with E-state index in [0.717, 1.165) is 17.3 Å². The highest BCUT2D eigenvalue weighted by Gasteiger charge is 2.06. The molecular formula is C10H12N4. The van der Waals surface area contributed by atoms with E-state index in [2.05, 4.69) is 15.4 Å². The van der Waals surface area contributed by atoms with Crippen LogP contribution in [0.1, 0.15) is 0 Å². The Balaban J connectivity index is 2.43. The Bertz CT molecular complexity index is 419. The summed E-state index contributed by atoms with van der Waals surface area (Å²) in [5.74, 6) is 1.52. The Morgan fingerprint density at radius 3 is 2.50 bits per heavy atom. The van der Waals surface area contributed by atoms with Crippen molar-refractivity contribution in [1.82, 2.24) is 14.8 Å². The Kier molecular flexibility index (Phi) is 2.18. The molecule has 1 aromatic heterocycles. The van der Waals surface area contributed by atoms with Crippen LogP contribution in [0.3, 0.4) is 0 Å². The highest BCUT2D eigenvalue weighted by atomic mass is 15.4. The molecule has 4 heteroatoms. The van der Waals surface area contributed by atoms with Crippen LogP contribution >= 0.6 is 0 Å². The van der Waals surface area contributed by atoms with Crippen molar-refractivity contribution in [2.24, 2.45) is 7.05 Å². The van der Waals surface area contributed by atoms with E-state index >= 15 is 0 Å². The van der Waals surface area contributed by atoms with Crippen molar-refractivity contribution < 1.29 is 0 Å². The summed E-state index contributed by atoms with van der Waals surface area (Å²) < 4.78 is 1.72. The van der Waals surface area contributed by atoms with Gasteiger partial charge in [0.2, 0.25) is 5.95 Å². The molecule has 4 nitrogen and oxygen atoms in total. The predicted molar refractivity (Wildman–Crippen MR) is 56.0 cm³/mol. The van der Waals surface area contributed by atoms with Crippen molar-refractivity contribution in [3.8, 4) is 11.4 Å². The summed E-state index contributed by atoms with van der Waals surface area (Å²) in [4.78, 5) is 4.34. The third-order valence-corrected chi connectivity index (χ3v) is 2.02. The number of benzene rings is 1. The maximum absolute atomic E-state index is 4.34. The molecule has 0 radical (unpaired) electrons. The van der Waals surface area contributed by atoms with Crippen molar-refractivity contribution >= 4 is 5.95 Å². The summed E-state index contributed by atoms with van der Waals surface area (Å²) in [5.41, 5.74) is 1.03. The van der Waals surface area contributed by atoms with Gasteiger partial charge in [0, 0.05) is 19.7 Å². The van der Waals surface area contributed by atoms with Gasteiger partial charge in [0.15, 0.2) is 5.82 Å². The van der Waals surface area contributed by atoms with Crippen molar-refractivity contribution in [2.45, 2.75) is 0 Å². The van der Waals surface area contributed by atoms with Crippen LogP contribution in [0.4, 0.5) is 5.95 Å². The van der Waals surface area contributed by atoms with Crippen LogP contribution in [-0.4, -0.2) is 21.8 Å². The van der Waals surface area contributed by atoms with E-state index in [1.54, 1.807) is 4.68 Å². The van der Waals surface area contributed by atoms with E-state index < -0.39 is 0 Å². The third-order valence-electron chi connectivity index (χ3n) is 2.02. The molecule has 72 valence electrons. The first-order chi connectivity index (χ1) is 6.81. The fraction of sp³-hybridized carbons (Fsp3) is 0.200. The van der Waals surface area contributed by atoms with Gasteiger partial charge in [-0.25, -0.2) is 4.68 Å². The molecule has 0 fully saturated rings.